The van der Waals surface area contributed by atoms with E-state index in [0.717, 1.165) is 18.7 Å². The molecule has 0 radical (unpaired) electrons. The van der Waals surface area contributed by atoms with Crippen molar-refractivity contribution in [1.29, 1.82) is 0 Å². The van der Waals surface area contributed by atoms with Crippen LogP contribution < -0.4 is 0 Å². The summed E-state index contributed by atoms with van der Waals surface area (Å²) in [4.78, 5) is 13.3. The van der Waals surface area contributed by atoms with Crippen molar-refractivity contribution in [3.63, 3.8) is 0 Å². The summed E-state index contributed by atoms with van der Waals surface area (Å²) in [6.07, 6.45) is 3.29. The van der Waals surface area contributed by atoms with E-state index in [1.807, 2.05) is 12.1 Å². The number of furan rings is 1. The molecule has 0 aliphatic carbocycles. The first kappa shape index (κ1) is 9.46. The normalized spacial score (nSPS) is 20.2. The minimum absolute atomic E-state index is 0.358. The van der Waals surface area contributed by atoms with Gasteiger partial charge < -0.3 is 4.42 Å². The van der Waals surface area contributed by atoms with Crippen molar-refractivity contribution in [2.45, 2.75) is 25.8 Å². The molecule has 0 spiro atoms. The van der Waals surface area contributed by atoms with Crippen LogP contribution in [0.2, 0.25) is 0 Å². The molecule has 76 valence electrons. The fourth-order valence-corrected chi connectivity index (χ4v) is 1.88. The van der Waals surface area contributed by atoms with Crippen molar-refractivity contribution >= 4 is 5.78 Å². The zero-order valence-corrected chi connectivity index (χ0v) is 8.40. The minimum atomic E-state index is 0.358. The second kappa shape index (κ2) is 3.96. The van der Waals surface area contributed by atoms with E-state index < -0.39 is 0 Å². The van der Waals surface area contributed by atoms with Crippen molar-refractivity contribution in [1.82, 2.24) is 4.90 Å². The van der Waals surface area contributed by atoms with Crippen LogP contribution in [0.3, 0.4) is 0 Å². The van der Waals surface area contributed by atoms with Gasteiger partial charge in [0.2, 0.25) is 0 Å². The Morgan fingerprint density at radius 3 is 3.07 bits per heavy atom. The third kappa shape index (κ3) is 2.04. The van der Waals surface area contributed by atoms with Gasteiger partial charge in [0.25, 0.3) is 0 Å². The molecule has 1 aromatic heterocycles. The summed E-state index contributed by atoms with van der Waals surface area (Å²) in [5.74, 6) is 1.35. The van der Waals surface area contributed by atoms with Crippen LogP contribution in [0.15, 0.2) is 22.8 Å². The summed E-state index contributed by atoms with van der Waals surface area (Å²) in [7, 11) is 0. The van der Waals surface area contributed by atoms with E-state index in [4.69, 9.17) is 4.42 Å². The summed E-state index contributed by atoms with van der Waals surface area (Å²) in [5, 5.41) is 0. The fourth-order valence-electron chi connectivity index (χ4n) is 1.88. The van der Waals surface area contributed by atoms with Crippen molar-refractivity contribution in [3.05, 3.63) is 24.2 Å². The van der Waals surface area contributed by atoms with Gasteiger partial charge in [-0.2, -0.15) is 0 Å². The quantitative estimate of drug-likeness (QED) is 0.729. The molecule has 0 N–H and O–H groups in total. The minimum Gasteiger partial charge on any atom is -0.469 e. The lowest BCUT2D eigenvalue weighted by Crippen LogP contribution is -2.32. The predicted octanol–water partition coefficient (Wildman–Crippen LogP) is 1.49. The topological polar surface area (TPSA) is 33.5 Å². The number of nitrogens with zero attached hydrogens (tertiary/aromatic N) is 1. The van der Waals surface area contributed by atoms with Crippen LogP contribution in [-0.2, 0) is 11.2 Å². The van der Waals surface area contributed by atoms with E-state index in [2.05, 4.69) is 11.8 Å². The maximum absolute atomic E-state index is 11.1. The lowest BCUT2D eigenvalue weighted by Gasteiger charge is -2.21. The average molecular weight is 193 g/mol. The van der Waals surface area contributed by atoms with Gasteiger partial charge in [0.15, 0.2) is 0 Å². The molecule has 0 saturated carbocycles. The number of hydrogen-bond donors (Lipinski definition) is 0. The van der Waals surface area contributed by atoms with E-state index in [-0.39, 0.29) is 0 Å². The molecule has 3 heteroatoms. The highest BCUT2D eigenvalue weighted by Gasteiger charge is 2.24. The van der Waals surface area contributed by atoms with Crippen molar-refractivity contribution in [2.24, 2.45) is 0 Å². The van der Waals surface area contributed by atoms with Crippen LogP contribution in [-0.4, -0.2) is 29.8 Å². The molecule has 1 aliphatic heterocycles. The molecule has 0 aromatic carbocycles. The Labute approximate surface area is 83.7 Å². The number of carbonyl (C=O) groups is 1. The molecule has 14 heavy (non-hydrogen) atoms. The molecular formula is C11H15NO2. The Hall–Kier alpha value is -1.09. The highest BCUT2D eigenvalue weighted by molar-refractivity contribution is 5.82. The predicted molar refractivity (Wildman–Crippen MR) is 53.1 cm³/mol. The lowest BCUT2D eigenvalue weighted by atomic mass is 10.2. The van der Waals surface area contributed by atoms with Crippen LogP contribution in [0.25, 0.3) is 0 Å². The summed E-state index contributed by atoms with van der Waals surface area (Å²) < 4.78 is 5.28. The second-order valence-corrected chi connectivity index (χ2v) is 3.89. The number of hydrogen-bond acceptors (Lipinski definition) is 3. The van der Waals surface area contributed by atoms with Gasteiger partial charge in [-0.25, -0.2) is 0 Å². The number of carbonyl (C=O) groups excluding carboxylic acids is 1. The Morgan fingerprint density at radius 1 is 1.64 bits per heavy atom. The number of likely N-dealkylation sites (tertiary alicyclic amines) is 1. The van der Waals surface area contributed by atoms with Crippen LogP contribution in [0.1, 0.15) is 19.1 Å². The average Bonchev–Trinajstić information content (AvgIpc) is 2.75. The maximum Gasteiger partial charge on any atom is 0.148 e. The van der Waals surface area contributed by atoms with Gasteiger partial charge in [-0.3, -0.25) is 9.69 Å². The second-order valence-electron chi connectivity index (χ2n) is 3.89. The van der Waals surface area contributed by atoms with E-state index in [9.17, 15) is 4.79 Å². The number of Topliss-reactive ketones (excluding diaryl/α,β-unsaturated/α-hetero) is 1. The summed E-state index contributed by atoms with van der Waals surface area (Å²) >= 11 is 0. The van der Waals surface area contributed by atoms with Crippen molar-refractivity contribution < 1.29 is 9.21 Å². The Kier molecular flexibility index (Phi) is 2.68. The summed E-state index contributed by atoms with van der Waals surface area (Å²) in [6, 6.07) is 4.28. The van der Waals surface area contributed by atoms with E-state index in [0.29, 0.717) is 24.8 Å². The molecular weight excluding hydrogens is 178 g/mol. The highest BCUT2D eigenvalue weighted by Crippen LogP contribution is 2.13. The van der Waals surface area contributed by atoms with Crippen LogP contribution in [0.5, 0.6) is 0 Å². The standard InChI is InChI=1S/C11H15NO2/c1-9(7-11-3-2-6-14-11)12-5-4-10(13)8-12/h2-3,6,9H,4-5,7-8H2,1H3. The molecule has 1 fully saturated rings. The Bertz CT molecular complexity index is 305. The monoisotopic (exact) mass is 193 g/mol. The molecule has 2 rings (SSSR count). The first-order valence-corrected chi connectivity index (χ1v) is 5.04. The van der Waals surface area contributed by atoms with Gasteiger partial charge >= 0.3 is 0 Å². The highest BCUT2D eigenvalue weighted by atomic mass is 16.3. The number of ketones is 1. The number of rotatable bonds is 3. The first-order chi connectivity index (χ1) is 6.75. The molecule has 0 bridgehead atoms. The SMILES string of the molecule is CC(Cc1ccco1)N1CCC(=O)C1. The largest absolute Gasteiger partial charge is 0.469 e. The molecule has 1 atom stereocenters. The Balaban J connectivity index is 1.89. The lowest BCUT2D eigenvalue weighted by molar-refractivity contribution is -0.117. The van der Waals surface area contributed by atoms with Gasteiger partial charge in [0.1, 0.15) is 11.5 Å². The molecule has 1 aliphatic rings. The van der Waals surface area contributed by atoms with Crippen molar-refractivity contribution in [2.75, 3.05) is 13.1 Å². The Morgan fingerprint density at radius 2 is 2.50 bits per heavy atom. The van der Waals surface area contributed by atoms with Crippen LogP contribution in [0, 0.1) is 0 Å². The molecule has 1 aromatic rings. The maximum atomic E-state index is 11.1. The van der Waals surface area contributed by atoms with E-state index >= 15 is 0 Å². The third-order valence-electron chi connectivity index (χ3n) is 2.76. The molecule has 1 saturated heterocycles. The van der Waals surface area contributed by atoms with Gasteiger partial charge in [-0.15, -0.1) is 0 Å². The molecule has 2 heterocycles. The van der Waals surface area contributed by atoms with Gasteiger partial charge in [-0.05, 0) is 19.1 Å². The van der Waals surface area contributed by atoms with E-state index in [1.54, 1.807) is 6.26 Å². The van der Waals surface area contributed by atoms with Crippen molar-refractivity contribution in [3.8, 4) is 0 Å². The summed E-state index contributed by atoms with van der Waals surface area (Å²) in [5.41, 5.74) is 0. The van der Waals surface area contributed by atoms with Crippen LogP contribution in [0.4, 0.5) is 0 Å². The van der Waals surface area contributed by atoms with Gasteiger partial charge in [-0.1, -0.05) is 0 Å². The van der Waals surface area contributed by atoms with Gasteiger partial charge in [0.05, 0.1) is 12.8 Å². The zero-order valence-electron chi connectivity index (χ0n) is 8.40. The first-order valence-electron chi connectivity index (χ1n) is 5.04. The summed E-state index contributed by atoms with van der Waals surface area (Å²) in [6.45, 7) is 3.66. The molecule has 0 amide bonds. The molecule has 1 unspecified atom stereocenters. The molecule has 3 nitrogen and oxygen atoms in total. The fraction of sp³-hybridized carbons (Fsp3) is 0.545. The van der Waals surface area contributed by atoms with Gasteiger partial charge in [0, 0.05) is 25.4 Å². The van der Waals surface area contributed by atoms with Crippen LogP contribution >= 0.6 is 0 Å². The zero-order chi connectivity index (χ0) is 9.97. The smallest absolute Gasteiger partial charge is 0.148 e. The third-order valence-corrected chi connectivity index (χ3v) is 2.76. The van der Waals surface area contributed by atoms with E-state index in [1.165, 1.54) is 0 Å².